The molecule has 0 aliphatic heterocycles. The zero-order valence-corrected chi connectivity index (χ0v) is 15.0. The van der Waals surface area contributed by atoms with E-state index in [1.165, 1.54) is 4.68 Å². The van der Waals surface area contributed by atoms with Gasteiger partial charge in [-0.1, -0.05) is 11.6 Å². The first-order chi connectivity index (χ1) is 10.7. The molecule has 23 heavy (non-hydrogen) atoms. The van der Waals surface area contributed by atoms with Crippen molar-refractivity contribution < 1.29 is 17.9 Å². The number of aryl methyl sites for hydroxylation is 2. The lowest BCUT2D eigenvalue weighted by molar-refractivity contribution is -0.142. The van der Waals surface area contributed by atoms with Crippen LogP contribution in [0.3, 0.4) is 0 Å². The molecule has 2 rings (SSSR count). The molecule has 0 aliphatic carbocycles. The van der Waals surface area contributed by atoms with Crippen LogP contribution in [0.25, 0.3) is 0 Å². The van der Waals surface area contributed by atoms with Gasteiger partial charge in [-0.2, -0.15) is 5.10 Å². The third-order valence-corrected chi connectivity index (χ3v) is 5.74. The third-order valence-electron chi connectivity index (χ3n) is 2.77. The highest BCUT2D eigenvalue weighted by molar-refractivity contribution is 7.93. The van der Waals surface area contributed by atoms with Crippen LogP contribution < -0.4 is 4.72 Å². The predicted octanol–water partition coefficient (Wildman–Crippen LogP) is 1.74. The average Bonchev–Trinajstić information content (AvgIpc) is 2.94. The van der Waals surface area contributed by atoms with Crippen molar-refractivity contribution in [2.45, 2.75) is 25.2 Å². The van der Waals surface area contributed by atoms with Crippen LogP contribution >= 0.6 is 22.9 Å². The fourth-order valence-corrected chi connectivity index (χ4v) is 4.59. The number of sulfonamides is 1. The molecule has 0 amide bonds. The van der Waals surface area contributed by atoms with Gasteiger partial charge in [0.15, 0.2) is 5.13 Å². The number of thiazole rings is 1. The van der Waals surface area contributed by atoms with E-state index in [1.807, 2.05) is 0 Å². The van der Waals surface area contributed by atoms with Gasteiger partial charge < -0.3 is 4.74 Å². The zero-order valence-electron chi connectivity index (χ0n) is 12.7. The maximum Gasteiger partial charge on any atom is 0.311 e. The summed E-state index contributed by atoms with van der Waals surface area (Å²) in [7, 11) is -2.36. The van der Waals surface area contributed by atoms with Crippen molar-refractivity contribution in [1.82, 2.24) is 14.8 Å². The second kappa shape index (κ2) is 6.85. The summed E-state index contributed by atoms with van der Waals surface area (Å²) in [6, 6.07) is 0. The highest BCUT2D eigenvalue weighted by Crippen LogP contribution is 2.27. The van der Waals surface area contributed by atoms with E-state index in [1.54, 1.807) is 26.3 Å². The van der Waals surface area contributed by atoms with Crippen molar-refractivity contribution in [1.29, 1.82) is 0 Å². The number of hydrogen-bond acceptors (Lipinski definition) is 7. The van der Waals surface area contributed by atoms with Crippen molar-refractivity contribution in [2.24, 2.45) is 7.05 Å². The van der Waals surface area contributed by atoms with Gasteiger partial charge in [-0.3, -0.25) is 14.2 Å². The normalized spacial score (nSPS) is 11.5. The Morgan fingerprint density at radius 1 is 1.52 bits per heavy atom. The number of anilines is 1. The van der Waals surface area contributed by atoms with Gasteiger partial charge in [0.25, 0.3) is 10.0 Å². The summed E-state index contributed by atoms with van der Waals surface area (Å²) in [5, 5.41) is 5.72. The van der Waals surface area contributed by atoms with E-state index in [4.69, 9.17) is 16.3 Å². The van der Waals surface area contributed by atoms with Crippen molar-refractivity contribution in [2.75, 3.05) is 11.3 Å². The highest BCUT2D eigenvalue weighted by Gasteiger charge is 2.26. The minimum Gasteiger partial charge on any atom is -0.466 e. The van der Waals surface area contributed by atoms with Crippen LogP contribution in [0, 0.1) is 6.92 Å². The van der Waals surface area contributed by atoms with Crippen molar-refractivity contribution in [3.63, 3.8) is 0 Å². The van der Waals surface area contributed by atoms with Crippen molar-refractivity contribution in [3.8, 4) is 0 Å². The Bertz CT molecular complexity index is 828. The first kappa shape index (κ1) is 17.7. The summed E-state index contributed by atoms with van der Waals surface area (Å²) >= 11 is 7.05. The van der Waals surface area contributed by atoms with E-state index in [-0.39, 0.29) is 33.9 Å². The molecule has 0 bridgehead atoms. The summed E-state index contributed by atoms with van der Waals surface area (Å²) in [6.45, 7) is 3.54. The molecule has 0 saturated carbocycles. The van der Waals surface area contributed by atoms with Crippen LogP contribution in [-0.2, 0) is 33.0 Å². The quantitative estimate of drug-likeness (QED) is 0.768. The van der Waals surface area contributed by atoms with E-state index in [2.05, 4.69) is 14.8 Å². The Hall–Kier alpha value is -1.65. The number of esters is 1. The number of halogens is 1. The van der Waals surface area contributed by atoms with Gasteiger partial charge in [0.1, 0.15) is 10.0 Å². The lowest BCUT2D eigenvalue weighted by Gasteiger charge is -2.04. The Morgan fingerprint density at radius 2 is 2.22 bits per heavy atom. The fraction of sp³-hybridized carbons (Fsp3) is 0.417. The van der Waals surface area contributed by atoms with E-state index in [0.29, 0.717) is 5.69 Å². The van der Waals surface area contributed by atoms with Crippen LogP contribution in [0.2, 0.25) is 5.15 Å². The van der Waals surface area contributed by atoms with E-state index in [0.717, 1.165) is 11.3 Å². The van der Waals surface area contributed by atoms with Gasteiger partial charge in [-0.05, 0) is 13.8 Å². The standard InChI is InChI=1S/C12H15ClN4O4S2/c1-4-21-9(18)5-8-6-22-12(14-8)16-23(19,20)10-7(2)15-17(3)11(10)13/h6H,4-5H2,1-3H3,(H,14,16). The Kier molecular flexibility index (Phi) is 5.27. The number of rotatable bonds is 6. The Morgan fingerprint density at radius 3 is 2.78 bits per heavy atom. The highest BCUT2D eigenvalue weighted by atomic mass is 35.5. The van der Waals surface area contributed by atoms with E-state index >= 15 is 0 Å². The van der Waals surface area contributed by atoms with Gasteiger partial charge in [-0.15, -0.1) is 11.3 Å². The number of hydrogen-bond donors (Lipinski definition) is 1. The fourth-order valence-electron chi connectivity index (χ4n) is 1.88. The summed E-state index contributed by atoms with van der Waals surface area (Å²) in [4.78, 5) is 15.4. The molecule has 8 nitrogen and oxygen atoms in total. The molecule has 0 fully saturated rings. The molecule has 0 spiro atoms. The summed E-state index contributed by atoms with van der Waals surface area (Å²) in [5.74, 6) is -0.418. The lowest BCUT2D eigenvalue weighted by atomic mass is 10.3. The molecule has 0 aromatic carbocycles. The number of nitrogens with zero attached hydrogens (tertiary/aromatic N) is 3. The molecular formula is C12H15ClN4O4S2. The van der Waals surface area contributed by atoms with E-state index < -0.39 is 16.0 Å². The molecule has 11 heteroatoms. The zero-order chi connectivity index (χ0) is 17.2. The Balaban J connectivity index is 2.18. The smallest absolute Gasteiger partial charge is 0.311 e. The second-order valence-corrected chi connectivity index (χ2v) is 7.40. The number of nitrogens with one attached hydrogen (secondary N) is 1. The molecule has 2 heterocycles. The molecule has 0 aliphatic rings. The van der Waals surface area contributed by atoms with Crippen LogP contribution in [0.15, 0.2) is 10.3 Å². The topological polar surface area (TPSA) is 103 Å². The van der Waals surface area contributed by atoms with Gasteiger partial charge in [-0.25, -0.2) is 13.4 Å². The molecule has 0 saturated heterocycles. The minimum atomic E-state index is -3.91. The molecule has 2 aromatic heterocycles. The van der Waals surface area contributed by atoms with Crippen LogP contribution in [-0.4, -0.2) is 35.8 Å². The predicted molar refractivity (Wildman–Crippen MR) is 86.2 cm³/mol. The number of carbonyl (C=O) groups is 1. The first-order valence-electron chi connectivity index (χ1n) is 6.56. The molecule has 1 N–H and O–H groups in total. The molecule has 0 radical (unpaired) electrons. The van der Waals surface area contributed by atoms with Gasteiger partial charge >= 0.3 is 5.97 Å². The Labute approximate surface area is 142 Å². The van der Waals surface area contributed by atoms with Gasteiger partial charge in [0.05, 0.1) is 24.4 Å². The van der Waals surface area contributed by atoms with E-state index in [9.17, 15) is 13.2 Å². The number of aromatic nitrogens is 3. The summed E-state index contributed by atoms with van der Waals surface area (Å²) in [6.07, 6.45) is -0.0151. The van der Waals surface area contributed by atoms with Gasteiger partial charge in [0.2, 0.25) is 0 Å². The molecule has 2 aromatic rings. The average molecular weight is 379 g/mol. The lowest BCUT2D eigenvalue weighted by Crippen LogP contribution is -2.14. The molecule has 0 unspecified atom stereocenters. The monoisotopic (exact) mass is 378 g/mol. The summed E-state index contributed by atoms with van der Waals surface area (Å²) < 4.78 is 33.3. The van der Waals surface area contributed by atoms with Crippen LogP contribution in [0.4, 0.5) is 5.13 Å². The second-order valence-electron chi connectivity index (χ2n) is 4.56. The SMILES string of the molecule is CCOC(=O)Cc1csc(NS(=O)(=O)c2c(C)nn(C)c2Cl)n1. The third kappa shape index (κ3) is 4.01. The minimum absolute atomic E-state index is 0.0123. The van der Waals surface area contributed by atoms with Crippen LogP contribution in [0.1, 0.15) is 18.3 Å². The molecular weight excluding hydrogens is 364 g/mol. The molecule has 126 valence electrons. The maximum absolute atomic E-state index is 12.4. The number of carbonyl (C=O) groups excluding carboxylic acids is 1. The molecule has 0 atom stereocenters. The van der Waals surface area contributed by atoms with Crippen molar-refractivity contribution in [3.05, 3.63) is 21.9 Å². The first-order valence-corrected chi connectivity index (χ1v) is 9.30. The number of ether oxygens (including phenoxy) is 1. The maximum atomic E-state index is 12.4. The van der Waals surface area contributed by atoms with Gasteiger partial charge in [0, 0.05) is 12.4 Å². The summed E-state index contributed by atoms with van der Waals surface area (Å²) in [5.41, 5.74) is 0.716. The largest absolute Gasteiger partial charge is 0.466 e. The van der Waals surface area contributed by atoms with Crippen molar-refractivity contribution >= 4 is 44.1 Å². The van der Waals surface area contributed by atoms with Crippen LogP contribution in [0.5, 0.6) is 0 Å².